The molecule has 1 heterocycles. The second-order valence-corrected chi connectivity index (χ2v) is 7.97. The van der Waals surface area contributed by atoms with Crippen LogP contribution in [-0.4, -0.2) is 37.0 Å². The Bertz CT molecular complexity index is 976. The fraction of sp³-hybridized carbons (Fsp3) is 0.250. The number of ether oxygens (including phenoxy) is 4. The number of aromatic nitrogens is 1. The van der Waals surface area contributed by atoms with E-state index in [-0.39, 0.29) is 17.8 Å². The number of nitrogens with zero attached hydrogens (tertiary/aromatic N) is 1. The Morgan fingerprint density at radius 1 is 0.968 bits per heavy atom. The Kier molecular flexibility index (Phi) is 8.32. The zero-order chi connectivity index (χ0) is 22.1. The average Bonchev–Trinajstić information content (AvgIpc) is 2.82. The molecule has 0 N–H and O–H groups in total. The molecule has 0 fully saturated rings. The monoisotopic (exact) mass is 439 g/mol. The van der Waals surface area contributed by atoms with Crippen molar-refractivity contribution in [1.82, 2.24) is 4.98 Å². The fourth-order valence-corrected chi connectivity index (χ4v) is 3.70. The van der Waals surface area contributed by atoms with Gasteiger partial charge in [0.1, 0.15) is 23.1 Å². The van der Waals surface area contributed by atoms with Gasteiger partial charge < -0.3 is 18.9 Å². The number of benzene rings is 2. The van der Waals surface area contributed by atoms with Crippen LogP contribution in [0.3, 0.4) is 0 Å². The third-order valence-electron chi connectivity index (χ3n) is 4.43. The van der Waals surface area contributed by atoms with Crippen LogP contribution in [0.4, 0.5) is 0 Å². The molecular weight excluding hydrogens is 414 g/mol. The maximum Gasteiger partial charge on any atom is 0.188 e. The van der Waals surface area contributed by atoms with E-state index in [1.54, 1.807) is 44.7 Å². The highest BCUT2D eigenvalue weighted by Crippen LogP contribution is 2.31. The number of pyridine rings is 1. The number of hydrogen-bond acceptors (Lipinski definition) is 7. The zero-order valence-electron chi connectivity index (χ0n) is 17.7. The number of thioether (sulfide) groups is 1. The van der Waals surface area contributed by atoms with Crippen LogP contribution in [0.2, 0.25) is 0 Å². The number of Topliss-reactive ketones (excluding diaryl/α,β-unsaturated/α-hetero) is 1. The molecule has 1 atom stereocenters. The van der Waals surface area contributed by atoms with Crippen molar-refractivity contribution >= 4 is 17.5 Å². The summed E-state index contributed by atoms with van der Waals surface area (Å²) in [7, 11) is 3.19. The standard InChI is InChI=1S/C24H25NO5S/c1-17(31-24-22(30-16-27-2)5-4-14-25-24)23(26)19-8-12-21(13-9-19)29-15-18-6-10-20(28-3)11-7-18/h4-14,17H,15-16H2,1-3H3/t17-/m0/s1. The average molecular weight is 440 g/mol. The van der Waals surface area contributed by atoms with Crippen molar-refractivity contribution in [2.75, 3.05) is 21.0 Å². The highest BCUT2D eigenvalue weighted by molar-refractivity contribution is 8.00. The molecule has 0 aliphatic rings. The second kappa shape index (κ2) is 11.4. The third-order valence-corrected chi connectivity index (χ3v) is 5.53. The van der Waals surface area contributed by atoms with Gasteiger partial charge in [-0.1, -0.05) is 23.9 Å². The molecule has 3 rings (SSSR count). The first kappa shape index (κ1) is 22.7. The van der Waals surface area contributed by atoms with Gasteiger partial charge in [0.25, 0.3) is 0 Å². The molecule has 0 aliphatic carbocycles. The summed E-state index contributed by atoms with van der Waals surface area (Å²) in [6.45, 7) is 2.42. The smallest absolute Gasteiger partial charge is 0.188 e. The molecule has 0 spiro atoms. The van der Waals surface area contributed by atoms with Crippen LogP contribution in [0.25, 0.3) is 0 Å². The van der Waals surface area contributed by atoms with Crippen molar-refractivity contribution in [1.29, 1.82) is 0 Å². The SMILES string of the molecule is COCOc1cccnc1S[C@@H](C)C(=O)c1ccc(OCc2ccc(OC)cc2)cc1. The molecule has 162 valence electrons. The number of carbonyl (C=O) groups is 1. The first-order valence-electron chi connectivity index (χ1n) is 9.74. The topological polar surface area (TPSA) is 66.9 Å². The molecule has 0 bridgehead atoms. The maximum atomic E-state index is 12.9. The summed E-state index contributed by atoms with van der Waals surface area (Å²) in [6.07, 6.45) is 1.67. The van der Waals surface area contributed by atoms with Gasteiger partial charge in [-0.25, -0.2) is 4.98 Å². The van der Waals surface area contributed by atoms with Crippen molar-refractivity contribution < 1.29 is 23.7 Å². The van der Waals surface area contributed by atoms with Crippen LogP contribution < -0.4 is 14.2 Å². The van der Waals surface area contributed by atoms with Crippen molar-refractivity contribution in [2.24, 2.45) is 0 Å². The molecule has 0 aliphatic heterocycles. The van der Waals surface area contributed by atoms with Gasteiger partial charge in [-0.15, -0.1) is 0 Å². The number of ketones is 1. The molecule has 0 amide bonds. The van der Waals surface area contributed by atoms with E-state index in [0.717, 1.165) is 11.3 Å². The van der Waals surface area contributed by atoms with Gasteiger partial charge in [0.2, 0.25) is 0 Å². The molecule has 0 saturated heterocycles. The van der Waals surface area contributed by atoms with Crippen LogP contribution in [0.1, 0.15) is 22.8 Å². The van der Waals surface area contributed by atoms with Crippen LogP contribution >= 0.6 is 11.8 Å². The Labute approximate surface area is 186 Å². The van der Waals surface area contributed by atoms with Crippen molar-refractivity contribution in [3.8, 4) is 17.2 Å². The van der Waals surface area contributed by atoms with Crippen LogP contribution in [-0.2, 0) is 11.3 Å². The molecule has 3 aromatic rings. The minimum atomic E-state index is -0.328. The quantitative estimate of drug-likeness (QED) is 0.236. The van der Waals surface area contributed by atoms with Gasteiger partial charge in [-0.05, 0) is 61.0 Å². The summed E-state index contributed by atoms with van der Waals surface area (Å²) in [6, 6.07) is 18.5. The van der Waals surface area contributed by atoms with Crippen LogP contribution in [0.5, 0.6) is 17.2 Å². The molecule has 6 nitrogen and oxygen atoms in total. The molecular formula is C24H25NO5S. The van der Waals surface area contributed by atoms with Crippen molar-refractivity contribution in [3.05, 3.63) is 78.0 Å². The lowest BCUT2D eigenvalue weighted by Crippen LogP contribution is -2.14. The van der Waals surface area contributed by atoms with Crippen molar-refractivity contribution in [2.45, 2.75) is 23.8 Å². The summed E-state index contributed by atoms with van der Waals surface area (Å²) in [4.78, 5) is 17.2. The Balaban J connectivity index is 1.58. The summed E-state index contributed by atoms with van der Waals surface area (Å²) >= 11 is 1.36. The van der Waals surface area contributed by atoms with Gasteiger partial charge in [0.05, 0.1) is 12.4 Å². The van der Waals surface area contributed by atoms with E-state index in [1.807, 2.05) is 43.3 Å². The number of carbonyl (C=O) groups excluding carboxylic acids is 1. The molecule has 2 aromatic carbocycles. The normalized spacial score (nSPS) is 11.6. The minimum Gasteiger partial charge on any atom is -0.497 e. The van der Waals surface area contributed by atoms with Gasteiger partial charge >= 0.3 is 0 Å². The third kappa shape index (κ3) is 6.47. The lowest BCUT2D eigenvalue weighted by atomic mass is 10.1. The van der Waals surface area contributed by atoms with Crippen molar-refractivity contribution in [3.63, 3.8) is 0 Å². The molecule has 1 aromatic heterocycles. The second-order valence-electron chi connectivity index (χ2n) is 6.64. The van der Waals surface area contributed by atoms with E-state index in [2.05, 4.69) is 4.98 Å². The maximum absolute atomic E-state index is 12.9. The Hall–Kier alpha value is -3.03. The minimum absolute atomic E-state index is 0.00930. The van der Waals surface area contributed by atoms with E-state index < -0.39 is 0 Å². The molecule has 0 radical (unpaired) electrons. The molecule has 7 heteroatoms. The zero-order valence-corrected chi connectivity index (χ0v) is 18.6. The summed E-state index contributed by atoms with van der Waals surface area (Å²) in [5.74, 6) is 2.11. The molecule has 0 unspecified atom stereocenters. The number of hydrogen-bond donors (Lipinski definition) is 0. The van der Waals surface area contributed by atoms with E-state index in [4.69, 9.17) is 18.9 Å². The van der Waals surface area contributed by atoms with Crippen LogP contribution in [0, 0.1) is 0 Å². The van der Waals surface area contributed by atoms with Crippen LogP contribution in [0.15, 0.2) is 71.9 Å². The Morgan fingerprint density at radius 2 is 1.68 bits per heavy atom. The van der Waals surface area contributed by atoms with E-state index in [9.17, 15) is 4.79 Å². The highest BCUT2D eigenvalue weighted by atomic mass is 32.2. The van der Waals surface area contributed by atoms with E-state index in [1.165, 1.54) is 11.8 Å². The largest absolute Gasteiger partial charge is 0.497 e. The summed E-state index contributed by atoms with van der Waals surface area (Å²) < 4.78 is 21.4. The van der Waals surface area contributed by atoms with Gasteiger partial charge in [0.15, 0.2) is 18.3 Å². The number of rotatable bonds is 11. The summed E-state index contributed by atoms with van der Waals surface area (Å²) in [5, 5.41) is 0.325. The Morgan fingerprint density at radius 3 is 2.35 bits per heavy atom. The highest BCUT2D eigenvalue weighted by Gasteiger charge is 2.19. The number of methoxy groups -OCH3 is 2. The lowest BCUT2D eigenvalue weighted by molar-refractivity contribution is 0.0486. The van der Waals surface area contributed by atoms with E-state index >= 15 is 0 Å². The van der Waals surface area contributed by atoms with Gasteiger partial charge in [-0.3, -0.25) is 4.79 Å². The molecule has 0 saturated carbocycles. The predicted molar refractivity (Wildman–Crippen MR) is 120 cm³/mol. The first-order valence-corrected chi connectivity index (χ1v) is 10.6. The summed E-state index contributed by atoms with van der Waals surface area (Å²) in [5.41, 5.74) is 1.65. The first-order chi connectivity index (χ1) is 15.1. The lowest BCUT2D eigenvalue weighted by Gasteiger charge is -2.13. The van der Waals surface area contributed by atoms with Gasteiger partial charge in [0, 0.05) is 18.9 Å². The van der Waals surface area contributed by atoms with E-state index in [0.29, 0.717) is 28.7 Å². The fourth-order valence-electron chi connectivity index (χ4n) is 2.76. The molecule has 31 heavy (non-hydrogen) atoms. The predicted octanol–water partition coefficient (Wildman–Crippen LogP) is 5.02. The van der Waals surface area contributed by atoms with Gasteiger partial charge in [-0.2, -0.15) is 0 Å².